The maximum absolute atomic E-state index is 12.8. The zero-order valence-electron chi connectivity index (χ0n) is 18.5. The van der Waals surface area contributed by atoms with Crippen molar-refractivity contribution in [3.63, 3.8) is 0 Å². The van der Waals surface area contributed by atoms with Gasteiger partial charge in [-0.3, -0.25) is 9.59 Å². The van der Waals surface area contributed by atoms with E-state index in [0.717, 1.165) is 29.5 Å². The second kappa shape index (κ2) is 11.0. The second-order valence-electron chi connectivity index (χ2n) is 8.01. The highest BCUT2D eigenvalue weighted by Crippen LogP contribution is 2.27. The number of unbranched alkanes of at least 4 members (excludes halogenated alkanes) is 1. The van der Waals surface area contributed by atoms with Crippen molar-refractivity contribution in [1.29, 1.82) is 5.26 Å². The Kier molecular flexibility index (Phi) is 8.08. The van der Waals surface area contributed by atoms with Gasteiger partial charge in [0.1, 0.15) is 5.92 Å². The van der Waals surface area contributed by atoms with Crippen molar-refractivity contribution < 1.29 is 9.59 Å². The SMILES string of the molecule is CCC/C=C(/CCNC(=O)C1CCN(c2ccc(C#N)cc2)C1=O)c1cc(Cl)ccc1C. The van der Waals surface area contributed by atoms with Crippen LogP contribution in [0.4, 0.5) is 5.69 Å². The Hall–Kier alpha value is -3.10. The lowest BCUT2D eigenvalue weighted by atomic mass is 9.96. The molecule has 32 heavy (non-hydrogen) atoms. The number of allylic oxidation sites excluding steroid dienone is 1. The van der Waals surface area contributed by atoms with E-state index in [1.807, 2.05) is 18.2 Å². The van der Waals surface area contributed by atoms with Gasteiger partial charge in [-0.25, -0.2) is 0 Å². The van der Waals surface area contributed by atoms with Crippen LogP contribution in [0.25, 0.3) is 5.57 Å². The number of nitrogens with one attached hydrogen (secondary N) is 1. The van der Waals surface area contributed by atoms with Crippen LogP contribution in [0.3, 0.4) is 0 Å². The van der Waals surface area contributed by atoms with Crippen LogP contribution >= 0.6 is 11.6 Å². The summed E-state index contributed by atoms with van der Waals surface area (Å²) < 4.78 is 0. The third-order valence-corrected chi connectivity index (χ3v) is 5.98. The monoisotopic (exact) mass is 449 g/mol. The third-order valence-electron chi connectivity index (χ3n) is 5.75. The fraction of sp³-hybridized carbons (Fsp3) is 0.346. The first-order valence-corrected chi connectivity index (χ1v) is 11.4. The van der Waals surface area contributed by atoms with Crippen LogP contribution in [0.15, 0.2) is 48.5 Å². The number of carbonyl (C=O) groups is 2. The molecule has 1 atom stereocenters. The Labute approximate surface area is 194 Å². The minimum atomic E-state index is -0.679. The van der Waals surface area contributed by atoms with Gasteiger partial charge in [0.05, 0.1) is 11.6 Å². The Morgan fingerprint density at radius 3 is 2.72 bits per heavy atom. The summed E-state index contributed by atoms with van der Waals surface area (Å²) >= 11 is 6.21. The molecule has 0 aliphatic carbocycles. The van der Waals surface area contributed by atoms with Crippen LogP contribution in [0.5, 0.6) is 0 Å². The van der Waals surface area contributed by atoms with E-state index in [4.69, 9.17) is 16.9 Å². The zero-order chi connectivity index (χ0) is 23.1. The number of nitrogens with zero attached hydrogens (tertiary/aromatic N) is 2. The number of nitriles is 1. The number of halogens is 1. The summed E-state index contributed by atoms with van der Waals surface area (Å²) in [5, 5.41) is 12.6. The average Bonchev–Trinajstić information content (AvgIpc) is 3.19. The van der Waals surface area contributed by atoms with Crippen LogP contribution < -0.4 is 10.2 Å². The number of aryl methyl sites for hydroxylation is 1. The molecule has 0 spiro atoms. The van der Waals surface area contributed by atoms with Crippen molar-refractivity contribution in [3.05, 3.63) is 70.3 Å². The van der Waals surface area contributed by atoms with E-state index in [-0.39, 0.29) is 11.8 Å². The van der Waals surface area contributed by atoms with Crippen molar-refractivity contribution in [2.24, 2.45) is 5.92 Å². The number of carbonyl (C=O) groups excluding carboxylic acids is 2. The fourth-order valence-corrected chi connectivity index (χ4v) is 4.12. The molecule has 3 rings (SSSR count). The molecule has 0 bridgehead atoms. The van der Waals surface area contributed by atoms with Gasteiger partial charge in [0.15, 0.2) is 0 Å². The standard InChI is InChI=1S/C26H28ClN3O2/c1-3-4-5-20(24-16-21(27)9-6-18(24)2)12-14-29-25(31)23-13-15-30(26(23)32)22-10-7-19(17-28)8-11-22/h5-11,16,23H,3-4,12-15H2,1-2H3,(H,29,31)/b20-5-. The van der Waals surface area contributed by atoms with Crippen LogP contribution in [0, 0.1) is 24.2 Å². The summed E-state index contributed by atoms with van der Waals surface area (Å²) in [4.78, 5) is 27.2. The van der Waals surface area contributed by atoms with E-state index in [1.165, 1.54) is 0 Å². The summed E-state index contributed by atoms with van der Waals surface area (Å²) in [6.07, 6.45) is 5.36. The maximum atomic E-state index is 12.8. The minimum absolute atomic E-state index is 0.195. The molecule has 166 valence electrons. The Morgan fingerprint density at radius 1 is 1.28 bits per heavy atom. The van der Waals surface area contributed by atoms with Crippen LogP contribution in [-0.2, 0) is 9.59 Å². The van der Waals surface area contributed by atoms with E-state index in [0.29, 0.717) is 42.2 Å². The molecule has 0 radical (unpaired) electrons. The van der Waals surface area contributed by atoms with Crippen molar-refractivity contribution in [3.8, 4) is 6.07 Å². The number of benzene rings is 2. The molecule has 2 aromatic rings. The number of hydrogen-bond acceptors (Lipinski definition) is 3. The molecule has 1 aliphatic heterocycles. The number of rotatable bonds is 8. The molecule has 2 amide bonds. The van der Waals surface area contributed by atoms with Crippen molar-refractivity contribution >= 4 is 34.7 Å². The van der Waals surface area contributed by atoms with Crippen molar-refractivity contribution in [2.75, 3.05) is 18.0 Å². The van der Waals surface area contributed by atoms with Crippen LogP contribution in [0.2, 0.25) is 5.02 Å². The number of hydrogen-bond donors (Lipinski definition) is 1. The molecule has 5 nitrogen and oxygen atoms in total. The van der Waals surface area contributed by atoms with Gasteiger partial charge >= 0.3 is 0 Å². The lowest BCUT2D eigenvalue weighted by Gasteiger charge is -2.17. The van der Waals surface area contributed by atoms with Gasteiger partial charge in [-0.1, -0.05) is 37.1 Å². The molecule has 1 saturated heterocycles. The molecule has 1 aliphatic rings. The highest BCUT2D eigenvalue weighted by molar-refractivity contribution is 6.30. The van der Waals surface area contributed by atoms with E-state index >= 15 is 0 Å². The normalized spacial score (nSPS) is 16.2. The van der Waals surface area contributed by atoms with E-state index in [9.17, 15) is 9.59 Å². The molecule has 1 unspecified atom stereocenters. The maximum Gasteiger partial charge on any atom is 0.239 e. The second-order valence-corrected chi connectivity index (χ2v) is 8.44. The predicted molar refractivity (Wildman–Crippen MR) is 128 cm³/mol. The molecule has 1 N–H and O–H groups in total. The first-order chi connectivity index (χ1) is 15.4. The fourth-order valence-electron chi connectivity index (χ4n) is 3.94. The largest absolute Gasteiger partial charge is 0.355 e. The van der Waals surface area contributed by atoms with E-state index in [2.05, 4.69) is 31.3 Å². The molecular formula is C26H28ClN3O2. The van der Waals surface area contributed by atoms with Gasteiger partial charge in [0.2, 0.25) is 11.8 Å². The molecule has 1 fully saturated rings. The summed E-state index contributed by atoms with van der Waals surface area (Å²) in [5.74, 6) is -1.11. The minimum Gasteiger partial charge on any atom is -0.355 e. The third kappa shape index (κ3) is 5.57. The van der Waals surface area contributed by atoms with Gasteiger partial charge in [-0.2, -0.15) is 5.26 Å². The van der Waals surface area contributed by atoms with E-state index < -0.39 is 5.92 Å². The average molecular weight is 450 g/mol. The van der Waals surface area contributed by atoms with Gasteiger partial charge in [-0.05, 0) is 79.3 Å². The Bertz CT molecular complexity index is 1050. The highest BCUT2D eigenvalue weighted by Gasteiger charge is 2.37. The Morgan fingerprint density at radius 2 is 2.03 bits per heavy atom. The summed E-state index contributed by atoms with van der Waals surface area (Å²) in [7, 11) is 0. The quantitative estimate of drug-likeness (QED) is 0.558. The van der Waals surface area contributed by atoms with Crippen molar-refractivity contribution in [1.82, 2.24) is 5.32 Å². The molecule has 0 saturated carbocycles. The van der Waals surface area contributed by atoms with Gasteiger partial charge in [0, 0.05) is 23.8 Å². The first kappa shape index (κ1) is 23.6. The summed E-state index contributed by atoms with van der Waals surface area (Å²) in [5.41, 5.74) is 4.66. The molecule has 6 heteroatoms. The van der Waals surface area contributed by atoms with Gasteiger partial charge in [-0.15, -0.1) is 0 Å². The number of anilines is 1. The summed E-state index contributed by atoms with van der Waals surface area (Å²) in [6.45, 7) is 5.14. The van der Waals surface area contributed by atoms with Gasteiger partial charge in [0.25, 0.3) is 0 Å². The van der Waals surface area contributed by atoms with Crippen LogP contribution in [0.1, 0.15) is 49.3 Å². The van der Waals surface area contributed by atoms with Crippen molar-refractivity contribution in [2.45, 2.75) is 39.5 Å². The molecule has 0 aromatic heterocycles. The van der Waals surface area contributed by atoms with E-state index in [1.54, 1.807) is 29.2 Å². The molecule has 2 aromatic carbocycles. The predicted octanol–water partition coefficient (Wildman–Crippen LogP) is 5.26. The smallest absolute Gasteiger partial charge is 0.239 e. The summed E-state index contributed by atoms with van der Waals surface area (Å²) in [6, 6.07) is 14.8. The van der Waals surface area contributed by atoms with Gasteiger partial charge < -0.3 is 10.2 Å². The first-order valence-electron chi connectivity index (χ1n) is 11.0. The lowest BCUT2D eigenvalue weighted by molar-refractivity contribution is -0.132. The van der Waals surface area contributed by atoms with Crippen LogP contribution in [-0.4, -0.2) is 24.9 Å². The topological polar surface area (TPSA) is 73.2 Å². The zero-order valence-corrected chi connectivity index (χ0v) is 19.3. The molecular weight excluding hydrogens is 422 g/mol. The highest BCUT2D eigenvalue weighted by atomic mass is 35.5. The lowest BCUT2D eigenvalue weighted by Crippen LogP contribution is -2.37. The Balaban J connectivity index is 1.61. The number of amides is 2. The molecule has 1 heterocycles.